The molecule has 1 aliphatic rings. The number of ether oxygens (including phenoxy) is 1. The van der Waals surface area contributed by atoms with Crippen molar-refractivity contribution >= 4 is 11.7 Å². The Morgan fingerprint density at radius 3 is 2.60 bits per heavy atom. The molecule has 0 aliphatic heterocycles. The summed E-state index contributed by atoms with van der Waals surface area (Å²) in [4.78, 5) is 14.0. The molecule has 20 heavy (non-hydrogen) atoms. The second-order valence-electron chi connectivity index (χ2n) is 5.60. The van der Waals surface area contributed by atoms with E-state index in [1.54, 1.807) is 22.8 Å². The summed E-state index contributed by atoms with van der Waals surface area (Å²) in [6, 6.07) is 1.83. The van der Waals surface area contributed by atoms with Crippen LogP contribution in [-0.4, -0.2) is 34.9 Å². The number of rotatable bonds is 4. The van der Waals surface area contributed by atoms with E-state index >= 15 is 0 Å². The van der Waals surface area contributed by atoms with Gasteiger partial charge in [-0.1, -0.05) is 25.7 Å². The molecule has 0 radical (unpaired) electrons. The van der Waals surface area contributed by atoms with Gasteiger partial charge in [0.2, 0.25) is 0 Å². The first kappa shape index (κ1) is 15.0. The van der Waals surface area contributed by atoms with Gasteiger partial charge in [-0.05, 0) is 19.8 Å². The zero-order chi connectivity index (χ0) is 14.5. The number of hydrogen-bond acceptors (Lipinski definition) is 3. The predicted molar refractivity (Wildman–Crippen MR) is 78.7 cm³/mol. The van der Waals surface area contributed by atoms with Crippen molar-refractivity contribution in [2.45, 2.75) is 57.7 Å². The Morgan fingerprint density at radius 2 is 2.05 bits per heavy atom. The van der Waals surface area contributed by atoms with E-state index in [0.29, 0.717) is 0 Å². The Labute approximate surface area is 120 Å². The van der Waals surface area contributed by atoms with E-state index in [-0.39, 0.29) is 12.0 Å². The maximum absolute atomic E-state index is 12.4. The molecule has 2 rings (SSSR count). The molecule has 5 heteroatoms. The molecule has 0 aromatic carbocycles. The molecule has 1 saturated carbocycles. The molecule has 1 heterocycles. The molecule has 1 fully saturated rings. The maximum atomic E-state index is 12.4. The Morgan fingerprint density at radius 1 is 1.40 bits per heavy atom. The van der Waals surface area contributed by atoms with E-state index in [2.05, 4.69) is 5.10 Å². The minimum absolute atomic E-state index is 0.0159. The van der Waals surface area contributed by atoms with Gasteiger partial charge in [0.15, 0.2) is 0 Å². The summed E-state index contributed by atoms with van der Waals surface area (Å²) in [7, 11) is 3.60. The molecule has 0 N–H and O–H groups in total. The van der Waals surface area contributed by atoms with Gasteiger partial charge in [0, 0.05) is 20.2 Å². The van der Waals surface area contributed by atoms with Crippen molar-refractivity contribution in [3.8, 4) is 0 Å². The van der Waals surface area contributed by atoms with Gasteiger partial charge in [0.05, 0.1) is 12.3 Å². The molecular weight excluding hydrogens is 254 g/mol. The number of nitrogens with zero attached hydrogens (tertiary/aromatic N) is 3. The first-order valence-electron chi connectivity index (χ1n) is 7.50. The van der Waals surface area contributed by atoms with E-state index in [9.17, 15) is 4.79 Å². The topological polar surface area (TPSA) is 47.4 Å². The van der Waals surface area contributed by atoms with Gasteiger partial charge in [-0.15, -0.1) is 0 Å². The summed E-state index contributed by atoms with van der Waals surface area (Å²) < 4.78 is 7.66. The fraction of sp³-hybridized carbons (Fsp3) is 0.733. The van der Waals surface area contributed by atoms with Gasteiger partial charge in [-0.2, -0.15) is 5.10 Å². The predicted octanol–water partition coefficient (Wildman–Crippen LogP) is 2.51. The van der Waals surface area contributed by atoms with E-state index in [1.165, 1.54) is 25.7 Å². The largest absolute Gasteiger partial charge is 0.365 e. The molecule has 1 aromatic rings. The molecule has 1 aromatic heterocycles. The van der Waals surface area contributed by atoms with Crippen molar-refractivity contribution in [1.29, 1.82) is 0 Å². The molecule has 1 atom stereocenters. The summed E-state index contributed by atoms with van der Waals surface area (Å²) in [5, 5.41) is 4.09. The van der Waals surface area contributed by atoms with Crippen LogP contribution in [0.3, 0.4) is 0 Å². The number of aryl methyl sites for hydroxylation is 1. The summed E-state index contributed by atoms with van der Waals surface area (Å²) in [5.41, 5.74) is 0. The average molecular weight is 279 g/mol. The van der Waals surface area contributed by atoms with Crippen molar-refractivity contribution < 1.29 is 9.53 Å². The maximum Gasteiger partial charge on any atom is 0.256 e. The first-order valence-corrected chi connectivity index (χ1v) is 7.50. The van der Waals surface area contributed by atoms with Gasteiger partial charge in [0.25, 0.3) is 5.91 Å². The third-order valence-electron chi connectivity index (χ3n) is 4.02. The molecule has 1 aliphatic carbocycles. The Hall–Kier alpha value is -1.36. The molecule has 0 saturated heterocycles. The highest BCUT2D eigenvalue weighted by atomic mass is 16.5. The van der Waals surface area contributed by atoms with Gasteiger partial charge < -0.3 is 4.74 Å². The molecule has 112 valence electrons. The molecule has 5 nitrogen and oxygen atoms in total. The first-order chi connectivity index (χ1) is 9.59. The van der Waals surface area contributed by atoms with Crippen LogP contribution in [0.2, 0.25) is 0 Å². The number of aromatic nitrogens is 2. The molecule has 0 bridgehead atoms. The van der Waals surface area contributed by atoms with Crippen LogP contribution >= 0.6 is 0 Å². The summed E-state index contributed by atoms with van der Waals surface area (Å²) in [5.74, 6) is 0.768. The zero-order valence-electron chi connectivity index (χ0n) is 12.7. The lowest BCUT2D eigenvalue weighted by atomic mass is 10.1. The minimum atomic E-state index is -0.405. The van der Waals surface area contributed by atoms with E-state index in [0.717, 1.165) is 18.7 Å². The Kier molecular flexibility index (Phi) is 5.17. The van der Waals surface area contributed by atoms with Gasteiger partial charge in [-0.3, -0.25) is 14.4 Å². The number of amides is 1. The van der Waals surface area contributed by atoms with Gasteiger partial charge >= 0.3 is 0 Å². The second-order valence-corrected chi connectivity index (χ2v) is 5.60. The van der Waals surface area contributed by atoms with Crippen LogP contribution in [0.25, 0.3) is 0 Å². The number of hydrogen-bond donors (Lipinski definition) is 0. The smallest absolute Gasteiger partial charge is 0.256 e. The van der Waals surface area contributed by atoms with Crippen LogP contribution in [0, 0.1) is 0 Å². The van der Waals surface area contributed by atoms with Crippen molar-refractivity contribution in [3.63, 3.8) is 0 Å². The van der Waals surface area contributed by atoms with E-state index in [1.807, 2.05) is 20.0 Å². The van der Waals surface area contributed by atoms with Crippen molar-refractivity contribution in [3.05, 3.63) is 12.3 Å². The number of anilines is 1. The summed E-state index contributed by atoms with van der Waals surface area (Å²) in [6.07, 6.45) is 8.67. The van der Waals surface area contributed by atoms with Gasteiger partial charge in [-0.25, -0.2) is 0 Å². The van der Waals surface area contributed by atoms with E-state index < -0.39 is 6.10 Å². The molecular formula is C15H25N3O2. The van der Waals surface area contributed by atoms with Crippen molar-refractivity contribution in [1.82, 2.24) is 9.78 Å². The number of carbonyl (C=O) groups excluding carboxylic acids is 1. The van der Waals surface area contributed by atoms with Crippen LogP contribution in [0.1, 0.15) is 45.4 Å². The minimum Gasteiger partial charge on any atom is -0.365 e. The van der Waals surface area contributed by atoms with Crippen LogP contribution in [0.4, 0.5) is 5.82 Å². The third-order valence-corrected chi connectivity index (χ3v) is 4.02. The van der Waals surface area contributed by atoms with E-state index in [4.69, 9.17) is 4.74 Å². The highest BCUT2D eigenvalue weighted by Gasteiger charge is 2.24. The fourth-order valence-corrected chi connectivity index (χ4v) is 2.81. The van der Waals surface area contributed by atoms with Crippen LogP contribution in [0.15, 0.2) is 12.3 Å². The Balaban J connectivity index is 1.92. The Bertz CT molecular complexity index is 436. The second kappa shape index (κ2) is 6.88. The third kappa shape index (κ3) is 3.60. The SMILES string of the molecule is CC(OC1CCCCCC1)C(=O)N(C)c1ccnn1C. The van der Waals surface area contributed by atoms with Crippen molar-refractivity contribution in [2.75, 3.05) is 11.9 Å². The fourth-order valence-electron chi connectivity index (χ4n) is 2.81. The highest BCUT2D eigenvalue weighted by Crippen LogP contribution is 2.22. The normalized spacial score (nSPS) is 18.6. The zero-order valence-corrected chi connectivity index (χ0v) is 12.7. The quantitative estimate of drug-likeness (QED) is 0.796. The lowest BCUT2D eigenvalue weighted by molar-refractivity contribution is -0.132. The molecule has 0 spiro atoms. The van der Waals surface area contributed by atoms with Crippen LogP contribution < -0.4 is 4.90 Å². The standard InChI is InChI=1S/C15H25N3O2/c1-12(20-13-8-6-4-5-7-9-13)15(19)17(2)14-10-11-16-18(14)3/h10-13H,4-9H2,1-3H3. The highest BCUT2D eigenvalue weighted by molar-refractivity contribution is 5.95. The lowest BCUT2D eigenvalue weighted by Crippen LogP contribution is -2.39. The summed E-state index contributed by atoms with van der Waals surface area (Å²) in [6.45, 7) is 1.85. The van der Waals surface area contributed by atoms with Gasteiger partial charge in [0.1, 0.15) is 11.9 Å². The number of carbonyl (C=O) groups is 1. The van der Waals surface area contributed by atoms with Crippen molar-refractivity contribution in [2.24, 2.45) is 7.05 Å². The summed E-state index contributed by atoms with van der Waals surface area (Å²) >= 11 is 0. The molecule has 1 amide bonds. The monoisotopic (exact) mass is 279 g/mol. The molecule has 1 unspecified atom stereocenters. The van der Waals surface area contributed by atoms with Crippen LogP contribution in [-0.2, 0) is 16.6 Å². The number of likely N-dealkylation sites (N-methyl/N-ethyl adjacent to an activating group) is 1. The lowest BCUT2D eigenvalue weighted by Gasteiger charge is -2.25. The average Bonchev–Trinajstić information content (AvgIpc) is 2.70. The van der Waals surface area contributed by atoms with Crippen LogP contribution in [0.5, 0.6) is 0 Å².